The van der Waals surface area contributed by atoms with E-state index in [9.17, 15) is 4.79 Å². The lowest BCUT2D eigenvalue weighted by Gasteiger charge is -2.38. The summed E-state index contributed by atoms with van der Waals surface area (Å²) in [7, 11) is 0. The molecule has 3 heteroatoms. The Morgan fingerprint density at radius 3 is 2.45 bits per heavy atom. The number of nitrogens with one attached hydrogen (secondary N) is 1. The average molecular weight is 280 g/mol. The van der Waals surface area contributed by atoms with Crippen LogP contribution in [0.3, 0.4) is 0 Å². The van der Waals surface area contributed by atoms with Gasteiger partial charge >= 0.3 is 0 Å². The zero-order valence-electron chi connectivity index (χ0n) is 13.7. The molecule has 1 heterocycles. The summed E-state index contributed by atoms with van der Waals surface area (Å²) in [6.07, 6.45) is 9.04. The van der Waals surface area contributed by atoms with Gasteiger partial charge in [-0.3, -0.25) is 10.1 Å². The second kappa shape index (κ2) is 6.93. The summed E-state index contributed by atoms with van der Waals surface area (Å²) in [5.74, 6) is 1.86. The maximum atomic E-state index is 12.5. The van der Waals surface area contributed by atoms with Gasteiger partial charge in [-0.05, 0) is 50.9 Å². The molecule has 0 bridgehead atoms. The first-order valence-electron chi connectivity index (χ1n) is 8.61. The van der Waals surface area contributed by atoms with Crippen LogP contribution in [-0.4, -0.2) is 29.1 Å². The fourth-order valence-corrected chi connectivity index (χ4v) is 4.00. The minimum atomic E-state index is 0.00659. The van der Waals surface area contributed by atoms with Crippen LogP contribution in [0.2, 0.25) is 0 Å². The zero-order chi connectivity index (χ0) is 14.7. The maximum Gasteiger partial charge on any atom is 0.240 e. The van der Waals surface area contributed by atoms with E-state index < -0.39 is 0 Å². The van der Waals surface area contributed by atoms with E-state index in [2.05, 4.69) is 31.0 Å². The van der Waals surface area contributed by atoms with Gasteiger partial charge < -0.3 is 4.90 Å². The van der Waals surface area contributed by atoms with E-state index in [1.54, 1.807) is 0 Å². The van der Waals surface area contributed by atoms with Crippen molar-refractivity contribution in [1.29, 1.82) is 0 Å². The molecule has 1 amide bonds. The van der Waals surface area contributed by atoms with Gasteiger partial charge in [-0.2, -0.15) is 0 Å². The standard InChI is InChI=1S/C17H32N2O/c1-5-6-14-7-9-15(10-8-14)19-16(11-12(2)3)18-13(4)17(19)20/h12-16,18H,5-11H2,1-4H3. The van der Waals surface area contributed by atoms with Gasteiger partial charge in [-0.15, -0.1) is 0 Å². The minimum Gasteiger partial charge on any atom is -0.323 e. The number of carbonyl (C=O) groups is 1. The lowest BCUT2D eigenvalue weighted by molar-refractivity contribution is -0.133. The molecule has 2 fully saturated rings. The molecule has 20 heavy (non-hydrogen) atoms. The SMILES string of the molecule is CCCC1CCC(N2C(=O)C(C)NC2CC(C)C)CC1. The van der Waals surface area contributed by atoms with Crippen LogP contribution in [0.15, 0.2) is 0 Å². The van der Waals surface area contributed by atoms with Crippen LogP contribution >= 0.6 is 0 Å². The number of amides is 1. The summed E-state index contributed by atoms with van der Waals surface area (Å²) in [4.78, 5) is 14.7. The van der Waals surface area contributed by atoms with Crippen molar-refractivity contribution < 1.29 is 4.79 Å². The quantitative estimate of drug-likeness (QED) is 0.835. The fourth-order valence-electron chi connectivity index (χ4n) is 4.00. The molecule has 1 N–H and O–H groups in total. The first kappa shape index (κ1) is 15.8. The van der Waals surface area contributed by atoms with Gasteiger partial charge in [0.1, 0.15) is 0 Å². The molecule has 0 aromatic carbocycles. The van der Waals surface area contributed by atoms with E-state index in [4.69, 9.17) is 0 Å². The molecular formula is C17H32N2O. The van der Waals surface area contributed by atoms with E-state index in [1.165, 1.54) is 38.5 Å². The Bertz CT molecular complexity index is 321. The molecule has 3 nitrogen and oxygen atoms in total. The maximum absolute atomic E-state index is 12.5. The fraction of sp³-hybridized carbons (Fsp3) is 0.941. The first-order valence-corrected chi connectivity index (χ1v) is 8.61. The third-order valence-electron chi connectivity index (χ3n) is 5.00. The molecule has 2 atom stereocenters. The Morgan fingerprint density at radius 1 is 1.25 bits per heavy atom. The molecule has 1 aliphatic heterocycles. The summed E-state index contributed by atoms with van der Waals surface area (Å²) in [5.41, 5.74) is 0. The predicted molar refractivity (Wildman–Crippen MR) is 83.3 cm³/mol. The minimum absolute atomic E-state index is 0.00659. The Hall–Kier alpha value is -0.570. The van der Waals surface area contributed by atoms with Gasteiger partial charge in [-0.25, -0.2) is 0 Å². The van der Waals surface area contributed by atoms with Gasteiger partial charge in [0.15, 0.2) is 0 Å². The van der Waals surface area contributed by atoms with Gasteiger partial charge in [0.25, 0.3) is 0 Å². The van der Waals surface area contributed by atoms with Crippen molar-refractivity contribution in [3.8, 4) is 0 Å². The Morgan fingerprint density at radius 2 is 1.90 bits per heavy atom. The molecule has 0 aromatic heterocycles. The van der Waals surface area contributed by atoms with Gasteiger partial charge in [0, 0.05) is 6.04 Å². The third-order valence-corrected chi connectivity index (χ3v) is 5.00. The van der Waals surface area contributed by atoms with Crippen LogP contribution in [0, 0.1) is 11.8 Å². The molecule has 0 spiro atoms. The smallest absolute Gasteiger partial charge is 0.240 e. The number of carbonyl (C=O) groups excluding carboxylic acids is 1. The number of rotatable bonds is 5. The average Bonchev–Trinajstić information content (AvgIpc) is 2.66. The molecule has 0 radical (unpaired) electrons. The van der Waals surface area contributed by atoms with Crippen LogP contribution in [0.1, 0.15) is 72.6 Å². The summed E-state index contributed by atoms with van der Waals surface area (Å²) in [6.45, 7) is 8.77. The summed E-state index contributed by atoms with van der Waals surface area (Å²) < 4.78 is 0. The third kappa shape index (κ3) is 3.55. The normalized spacial score (nSPS) is 35.0. The molecule has 1 saturated carbocycles. The molecule has 2 rings (SSSR count). The van der Waals surface area contributed by atoms with E-state index in [1.807, 2.05) is 6.92 Å². The predicted octanol–water partition coefficient (Wildman–Crippen LogP) is 3.54. The molecule has 1 aliphatic carbocycles. The highest BCUT2D eigenvalue weighted by Gasteiger charge is 2.41. The van der Waals surface area contributed by atoms with Crippen molar-refractivity contribution in [3.05, 3.63) is 0 Å². The van der Waals surface area contributed by atoms with Crippen LogP contribution in [-0.2, 0) is 4.79 Å². The highest BCUT2D eigenvalue weighted by atomic mass is 16.2. The Kier molecular flexibility index (Phi) is 5.48. The molecule has 116 valence electrons. The van der Waals surface area contributed by atoms with Crippen molar-refractivity contribution in [2.75, 3.05) is 0 Å². The van der Waals surface area contributed by atoms with Gasteiger partial charge in [0.05, 0.1) is 12.2 Å². The van der Waals surface area contributed by atoms with Crippen molar-refractivity contribution in [2.24, 2.45) is 11.8 Å². The van der Waals surface area contributed by atoms with Gasteiger partial charge in [-0.1, -0.05) is 33.6 Å². The molecule has 2 aliphatic rings. The highest BCUT2D eigenvalue weighted by molar-refractivity contribution is 5.84. The van der Waals surface area contributed by atoms with Crippen LogP contribution < -0.4 is 5.32 Å². The summed E-state index contributed by atoms with van der Waals surface area (Å²) in [6, 6.07) is 0.490. The van der Waals surface area contributed by atoms with E-state index in [0.717, 1.165) is 12.3 Å². The highest BCUT2D eigenvalue weighted by Crippen LogP contribution is 2.33. The number of hydrogen-bond donors (Lipinski definition) is 1. The monoisotopic (exact) mass is 280 g/mol. The molecule has 1 saturated heterocycles. The van der Waals surface area contributed by atoms with Crippen molar-refractivity contribution >= 4 is 5.91 Å². The van der Waals surface area contributed by atoms with Crippen molar-refractivity contribution in [3.63, 3.8) is 0 Å². The first-order chi connectivity index (χ1) is 9.52. The van der Waals surface area contributed by atoms with E-state index in [-0.39, 0.29) is 12.2 Å². The topological polar surface area (TPSA) is 32.3 Å². The van der Waals surface area contributed by atoms with Crippen molar-refractivity contribution in [2.45, 2.75) is 90.9 Å². The van der Waals surface area contributed by atoms with E-state index >= 15 is 0 Å². The zero-order valence-corrected chi connectivity index (χ0v) is 13.7. The summed E-state index contributed by atoms with van der Waals surface area (Å²) >= 11 is 0. The Labute approximate surface area is 124 Å². The number of nitrogens with zero attached hydrogens (tertiary/aromatic N) is 1. The van der Waals surface area contributed by atoms with Crippen molar-refractivity contribution in [1.82, 2.24) is 10.2 Å². The second-order valence-electron chi connectivity index (χ2n) is 7.24. The van der Waals surface area contributed by atoms with Crippen LogP contribution in [0.5, 0.6) is 0 Å². The lowest BCUT2D eigenvalue weighted by Crippen LogP contribution is -2.46. The lowest BCUT2D eigenvalue weighted by atomic mass is 9.82. The molecule has 2 unspecified atom stereocenters. The summed E-state index contributed by atoms with van der Waals surface area (Å²) in [5, 5.41) is 3.50. The van der Waals surface area contributed by atoms with Gasteiger partial charge in [0.2, 0.25) is 5.91 Å². The molecular weight excluding hydrogens is 248 g/mol. The van der Waals surface area contributed by atoms with E-state index in [0.29, 0.717) is 17.9 Å². The number of hydrogen-bond acceptors (Lipinski definition) is 2. The second-order valence-corrected chi connectivity index (χ2v) is 7.24. The molecule has 0 aromatic rings. The largest absolute Gasteiger partial charge is 0.323 e. The van der Waals surface area contributed by atoms with Crippen LogP contribution in [0.4, 0.5) is 0 Å². The Balaban J connectivity index is 1.96. The van der Waals surface area contributed by atoms with Crippen LogP contribution in [0.25, 0.3) is 0 Å².